The Bertz CT molecular complexity index is 511. The lowest BCUT2D eigenvalue weighted by Gasteiger charge is -2.19. The summed E-state index contributed by atoms with van der Waals surface area (Å²) in [7, 11) is 0. The smallest absolute Gasteiger partial charge is 0.264 e. The van der Waals surface area contributed by atoms with Gasteiger partial charge in [-0.1, -0.05) is 11.6 Å². The quantitative estimate of drug-likeness (QED) is 0.773. The Labute approximate surface area is 115 Å². The van der Waals surface area contributed by atoms with Crippen LogP contribution in [-0.2, 0) is 11.2 Å². The highest BCUT2D eigenvalue weighted by atomic mass is 35.5. The number of aliphatic hydroxyl groups excluding tert-OH is 2. The summed E-state index contributed by atoms with van der Waals surface area (Å²) < 4.78 is 5.59. The lowest BCUT2D eigenvalue weighted by molar-refractivity contribution is -0.137. The van der Waals surface area contributed by atoms with Crippen LogP contribution in [-0.4, -0.2) is 52.4 Å². The summed E-state index contributed by atoms with van der Waals surface area (Å²) in [4.78, 5) is 13.7. The number of benzene rings is 1. The molecule has 2 N–H and O–H groups in total. The minimum absolute atomic E-state index is 0.150. The largest absolute Gasteiger partial charge is 0.480 e. The molecule has 3 atom stereocenters. The number of nitrogens with zero attached hydrogens (tertiary/aromatic N) is 1. The molecule has 19 heavy (non-hydrogen) atoms. The second kappa shape index (κ2) is 4.67. The van der Waals surface area contributed by atoms with Gasteiger partial charge in [0.05, 0.1) is 12.2 Å². The molecule has 2 aliphatic rings. The number of ether oxygens (including phenoxy) is 1. The zero-order valence-corrected chi connectivity index (χ0v) is 10.9. The van der Waals surface area contributed by atoms with E-state index in [2.05, 4.69) is 0 Å². The number of β-amino-alcohol motifs (C(OH)–C–C–N with tert-alkyl or cyclic N) is 2. The first kappa shape index (κ1) is 12.7. The van der Waals surface area contributed by atoms with Gasteiger partial charge >= 0.3 is 0 Å². The standard InChI is InChI=1S/C13H14ClNO4/c14-8-1-2-11-7(3-8)4-12(19-11)13(18)15-5-9(16)10(17)6-15/h1-3,9-10,12,16-17H,4-6H2. The summed E-state index contributed by atoms with van der Waals surface area (Å²) in [5.74, 6) is 0.464. The van der Waals surface area contributed by atoms with Crippen LogP contribution < -0.4 is 4.74 Å². The number of hydrogen-bond acceptors (Lipinski definition) is 4. The Morgan fingerprint density at radius 2 is 2.00 bits per heavy atom. The molecular weight excluding hydrogens is 270 g/mol. The van der Waals surface area contributed by atoms with Crippen molar-refractivity contribution in [2.24, 2.45) is 0 Å². The van der Waals surface area contributed by atoms with Gasteiger partial charge in [0.1, 0.15) is 5.75 Å². The van der Waals surface area contributed by atoms with Crippen molar-refractivity contribution in [1.82, 2.24) is 4.90 Å². The number of amides is 1. The highest BCUT2D eigenvalue weighted by molar-refractivity contribution is 6.30. The van der Waals surface area contributed by atoms with Gasteiger partial charge in [0.2, 0.25) is 0 Å². The molecule has 2 heterocycles. The fourth-order valence-electron chi connectivity index (χ4n) is 2.51. The maximum atomic E-state index is 12.2. The third-order valence-electron chi connectivity index (χ3n) is 3.54. The number of fused-ring (bicyclic) bond motifs is 1. The molecule has 102 valence electrons. The molecule has 1 saturated heterocycles. The molecule has 3 rings (SSSR count). The van der Waals surface area contributed by atoms with Crippen LogP contribution in [0.15, 0.2) is 18.2 Å². The molecule has 0 saturated carbocycles. The number of hydrogen-bond donors (Lipinski definition) is 2. The Balaban J connectivity index is 1.71. The van der Waals surface area contributed by atoms with Gasteiger partial charge in [0.25, 0.3) is 5.91 Å². The summed E-state index contributed by atoms with van der Waals surface area (Å²) in [6, 6.07) is 5.26. The van der Waals surface area contributed by atoms with Gasteiger partial charge in [-0.3, -0.25) is 4.79 Å². The highest BCUT2D eigenvalue weighted by Gasteiger charge is 2.38. The van der Waals surface area contributed by atoms with Crippen LogP contribution in [0.3, 0.4) is 0 Å². The molecule has 3 unspecified atom stereocenters. The summed E-state index contributed by atoms with van der Waals surface area (Å²) >= 11 is 5.90. The fraction of sp³-hybridized carbons (Fsp3) is 0.462. The Morgan fingerprint density at radius 3 is 2.68 bits per heavy atom. The van der Waals surface area contributed by atoms with E-state index < -0.39 is 18.3 Å². The SMILES string of the molecule is O=C(C1Cc2cc(Cl)ccc2O1)N1CC(O)C(O)C1. The van der Waals surface area contributed by atoms with Gasteiger partial charge in [0, 0.05) is 24.5 Å². The van der Waals surface area contributed by atoms with E-state index in [9.17, 15) is 15.0 Å². The van der Waals surface area contributed by atoms with Crippen LogP contribution in [0.1, 0.15) is 5.56 Å². The van der Waals surface area contributed by atoms with E-state index in [-0.39, 0.29) is 19.0 Å². The molecule has 2 aliphatic heterocycles. The van der Waals surface area contributed by atoms with Crippen molar-refractivity contribution in [3.63, 3.8) is 0 Å². The second-order valence-corrected chi connectivity index (χ2v) is 5.38. The van der Waals surface area contributed by atoms with Crippen LogP contribution in [0.5, 0.6) is 5.75 Å². The molecule has 5 nitrogen and oxygen atoms in total. The lowest BCUT2D eigenvalue weighted by Crippen LogP contribution is -2.40. The minimum Gasteiger partial charge on any atom is -0.480 e. The summed E-state index contributed by atoms with van der Waals surface area (Å²) in [5, 5.41) is 19.5. The van der Waals surface area contributed by atoms with Crippen molar-refractivity contribution in [3.05, 3.63) is 28.8 Å². The summed E-state index contributed by atoms with van der Waals surface area (Å²) in [5.41, 5.74) is 0.908. The first-order valence-electron chi connectivity index (χ1n) is 6.14. The molecule has 0 bridgehead atoms. The fourth-order valence-corrected chi connectivity index (χ4v) is 2.70. The summed E-state index contributed by atoms with van der Waals surface area (Å²) in [6.45, 7) is 0.300. The molecule has 1 aromatic carbocycles. The predicted molar refractivity (Wildman–Crippen MR) is 68.2 cm³/mol. The van der Waals surface area contributed by atoms with Crippen molar-refractivity contribution in [1.29, 1.82) is 0 Å². The topological polar surface area (TPSA) is 70.0 Å². The number of halogens is 1. The molecule has 0 radical (unpaired) electrons. The lowest BCUT2D eigenvalue weighted by atomic mass is 10.1. The van der Waals surface area contributed by atoms with Gasteiger partial charge in [-0.15, -0.1) is 0 Å². The normalized spacial score (nSPS) is 29.2. The van der Waals surface area contributed by atoms with E-state index in [1.54, 1.807) is 18.2 Å². The van der Waals surface area contributed by atoms with E-state index in [0.29, 0.717) is 17.2 Å². The van der Waals surface area contributed by atoms with Crippen LogP contribution in [0, 0.1) is 0 Å². The first-order chi connectivity index (χ1) is 9.04. The maximum absolute atomic E-state index is 12.2. The average Bonchev–Trinajstić information content (AvgIpc) is 2.92. The minimum atomic E-state index is -0.873. The molecule has 6 heteroatoms. The number of carbonyl (C=O) groups excluding carboxylic acids is 1. The van der Waals surface area contributed by atoms with Crippen molar-refractivity contribution in [2.75, 3.05) is 13.1 Å². The van der Waals surface area contributed by atoms with Gasteiger partial charge in [-0.25, -0.2) is 0 Å². The molecular formula is C13H14ClNO4. The van der Waals surface area contributed by atoms with E-state index in [1.807, 2.05) is 0 Å². The molecule has 0 aliphatic carbocycles. The van der Waals surface area contributed by atoms with E-state index in [4.69, 9.17) is 16.3 Å². The molecule has 1 aromatic rings. The highest BCUT2D eigenvalue weighted by Crippen LogP contribution is 2.32. The van der Waals surface area contributed by atoms with Crippen molar-refractivity contribution in [2.45, 2.75) is 24.7 Å². The van der Waals surface area contributed by atoms with Crippen molar-refractivity contribution < 1.29 is 19.7 Å². The third-order valence-corrected chi connectivity index (χ3v) is 3.78. The molecule has 1 fully saturated rings. The average molecular weight is 284 g/mol. The van der Waals surface area contributed by atoms with E-state index >= 15 is 0 Å². The number of carbonyl (C=O) groups is 1. The zero-order valence-electron chi connectivity index (χ0n) is 10.1. The monoisotopic (exact) mass is 283 g/mol. The first-order valence-corrected chi connectivity index (χ1v) is 6.52. The van der Waals surface area contributed by atoms with E-state index in [0.717, 1.165) is 5.56 Å². The Kier molecular flexibility index (Phi) is 3.12. The second-order valence-electron chi connectivity index (χ2n) is 4.94. The zero-order chi connectivity index (χ0) is 13.6. The van der Waals surface area contributed by atoms with Gasteiger partial charge in [-0.2, -0.15) is 0 Å². The third kappa shape index (κ3) is 2.29. The van der Waals surface area contributed by atoms with Crippen LogP contribution in [0.25, 0.3) is 0 Å². The van der Waals surface area contributed by atoms with Crippen LogP contribution in [0.2, 0.25) is 5.02 Å². The van der Waals surface area contributed by atoms with E-state index in [1.165, 1.54) is 4.90 Å². The van der Waals surface area contributed by atoms with Crippen LogP contribution in [0.4, 0.5) is 0 Å². The number of rotatable bonds is 1. The Morgan fingerprint density at radius 1 is 1.32 bits per heavy atom. The molecule has 1 amide bonds. The predicted octanol–water partition coefficient (Wildman–Crippen LogP) is 0.208. The number of aliphatic hydroxyl groups is 2. The maximum Gasteiger partial charge on any atom is 0.264 e. The van der Waals surface area contributed by atoms with Gasteiger partial charge < -0.3 is 19.8 Å². The Hall–Kier alpha value is -1.30. The van der Waals surface area contributed by atoms with Gasteiger partial charge in [-0.05, 0) is 23.8 Å². The number of likely N-dealkylation sites (tertiary alicyclic amines) is 1. The van der Waals surface area contributed by atoms with Gasteiger partial charge in [0.15, 0.2) is 6.10 Å². The van der Waals surface area contributed by atoms with Crippen LogP contribution >= 0.6 is 11.6 Å². The van der Waals surface area contributed by atoms with Crippen molar-refractivity contribution in [3.8, 4) is 5.75 Å². The molecule has 0 aromatic heterocycles. The molecule has 0 spiro atoms. The van der Waals surface area contributed by atoms with Crippen molar-refractivity contribution >= 4 is 17.5 Å². The summed E-state index contributed by atoms with van der Waals surface area (Å²) in [6.07, 6.45) is -1.87.